The quantitative estimate of drug-likeness (QED) is 0.891. The monoisotopic (exact) mass is 266 g/mol. The average molecular weight is 266 g/mol. The molecule has 3 heteroatoms. The molecule has 0 saturated heterocycles. The van der Waals surface area contributed by atoms with Gasteiger partial charge in [-0.3, -0.25) is 0 Å². The highest BCUT2D eigenvalue weighted by Gasteiger charge is 2.44. The van der Waals surface area contributed by atoms with Gasteiger partial charge in [0.15, 0.2) is 0 Å². The van der Waals surface area contributed by atoms with Crippen molar-refractivity contribution in [3.05, 3.63) is 16.1 Å². The third-order valence-electron chi connectivity index (χ3n) is 4.15. The minimum Gasteiger partial charge on any atom is -0.303 e. The lowest BCUT2D eigenvalue weighted by Gasteiger charge is -2.45. The minimum absolute atomic E-state index is 0.102. The molecule has 102 valence electrons. The summed E-state index contributed by atoms with van der Waals surface area (Å²) in [6, 6.07) is 0.502. The van der Waals surface area contributed by atoms with Crippen molar-refractivity contribution in [2.45, 2.75) is 65.5 Å². The molecule has 1 aliphatic carbocycles. The fourth-order valence-electron chi connectivity index (χ4n) is 3.27. The normalized spacial score (nSPS) is 33.0. The Hall–Kier alpha value is -0.410. The summed E-state index contributed by atoms with van der Waals surface area (Å²) in [6.45, 7) is 11.4. The van der Waals surface area contributed by atoms with Crippen LogP contribution in [0.15, 0.2) is 5.38 Å². The summed E-state index contributed by atoms with van der Waals surface area (Å²) in [5.41, 5.74) is 1.26. The second-order valence-corrected chi connectivity index (χ2v) is 7.21. The first kappa shape index (κ1) is 14.0. The van der Waals surface area contributed by atoms with Crippen LogP contribution in [-0.4, -0.2) is 11.0 Å². The zero-order chi connectivity index (χ0) is 13.3. The van der Waals surface area contributed by atoms with Crippen LogP contribution in [0.3, 0.4) is 0 Å². The van der Waals surface area contributed by atoms with Gasteiger partial charge in [-0.25, -0.2) is 4.98 Å². The van der Waals surface area contributed by atoms with Gasteiger partial charge in [-0.2, -0.15) is 0 Å². The molecule has 1 heterocycles. The highest BCUT2D eigenvalue weighted by Crippen LogP contribution is 2.45. The van der Waals surface area contributed by atoms with E-state index in [4.69, 9.17) is 4.98 Å². The summed E-state index contributed by atoms with van der Waals surface area (Å²) >= 11 is 1.83. The Morgan fingerprint density at radius 3 is 2.67 bits per heavy atom. The van der Waals surface area contributed by atoms with Crippen molar-refractivity contribution in [1.82, 2.24) is 10.3 Å². The third kappa shape index (κ3) is 2.62. The Kier molecular flexibility index (Phi) is 4.12. The molecule has 2 rings (SSSR count). The Morgan fingerprint density at radius 1 is 1.39 bits per heavy atom. The number of hydrogen-bond acceptors (Lipinski definition) is 3. The minimum atomic E-state index is 0.102. The van der Waals surface area contributed by atoms with E-state index in [1.807, 2.05) is 11.3 Å². The smallest absolute Gasteiger partial charge is 0.113 e. The maximum Gasteiger partial charge on any atom is 0.113 e. The Morgan fingerprint density at radius 2 is 2.11 bits per heavy atom. The molecule has 1 N–H and O–H groups in total. The van der Waals surface area contributed by atoms with Gasteiger partial charge in [0.25, 0.3) is 0 Å². The van der Waals surface area contributed by atoms with Gasteiger partial charge in [0, 0.05) is 17.1 Å². The summed E-state index contributed by atoms with van der Waals surface area (Å²) in [5.74, 6) is 1.46. The predicted octanol–water partition coefficient (Wildman–Crippen LogP) is 4.10. The molecule has 3 unspecified atom stereocenters. The molecule has 0 spiro atoms. The maximum atomic E-state index is 4.80. The van der Waals surface area contributed by atoms with E-state index in [9.17, 15) is 0 Å². The number of nitrogens with one attached hydrogen (secondary N) is 1. The second-order valence-electron chi connectivity index (χ2n) is 6.35. The lowest BCUT2D eigenvalue weighted by atomic mass is 9.69. The number of thiazole rings is 1. The van der Waals surface area contributed by atoms with Crippen LogP contribution in [0.25, 0.3) is 0 Å². The zero-order valence-electron chi connectivity index (χ0n) is 12.3. The van der Waals surface area contributed by atoms with Crippen molar-refractivity contribution in [2.24, 2.45) is 11.8 Å². The molecule has 1 fully saturated rings. The van der Waals surface area contributed by atoms with Crippen molar-refractivity contribution < 1.29 is 0 Å². The van der Waals surface area contributed by atoms with Gasteiger partial charge in [-0.15, -0.1) is 11.3 Å². The standard InChI is InChI=1S/C15H26N2S/c1-10(2)17-15(14-16-13(5)9-18-14)8-11(3)6-7-12(15)4/h9-12,17H,6-8H2,1-5H3. The van der Waals surface area contributed by atoms with Crippen LogP contribution in [0.2, 0.25) is 0 Å². The van der Waals surface area contributed by atoms with Crippen LogP contribution in [-0.2, 0) is 5.54 Å². The van der Waals surface area contributed by atoms with Gasteiger partial charge in [0.05, 0.1) is 5.54 Å². The SMILES string of the molecule is Cc1csc(C2(NC(C)C)CC(C)CCC2C)n1. The number of nitrogens with zero attached hydrogens (tertiary/aromatic N) is 1. The Balaban J connectivity index is 2.38. The third-order valence-corrected chi connectivity index (χ3v) is 5.29. The molecule has 1 aromatic heterocycles. The largest absolute Gasteiger partial charge is 0.303 e. The summed E-state index contributed by atoms with van der Waals surface area (Å²) in [4.78, 5) is 4.80. The molecule has 0 bridgehead atoms. The van der Waals surface area contributed by atoms with Crippen LogP contribution < -0.4 is 5.32 Å². The molecule has 0 radical (unpaired) electrons. The van der Waals surface area contributed by atoms with Gasteiger partial charge in [0.2, 0.25) is 0 Å². The van der Waals surface area contributed by atoms with Crippen molar-refractivity contribution in [2.75, 3.05) is 0 Å². The van der Waals surface area contributed by atoms with Crippen molar-refractivity contribution in [3.8, 4) is 0 Å². The molecule has 1 saturated carbocycles. The average Bonchev–Trinajstić information content (AvgIpc) is 2.70. The first-order chi connectivity index (χ1) is 8.44. The highest BCUT2D eigenvalue weighted by atomic mass is 32.1. The first-order valence-corrected chi connectivity index (χ1v) is 8.02. The van der Waals surface area contributed by atoms with Gasteiger partial charge in [0.1, 0.15) is 5.01 Å². The van der Waals surface area contributed by atoms with Crippen LogP contribution in [0, 0.1) is 18.8 Å². The Bertz CT molecular complexity index is 395. The maximum absolute atomic E-state index is 4.80. The number of aromatic nitrogens is 1. The molecule has 1 aromatic rings. The summed E-state index contributed by atoms with van der Waals surface area (Å²) in [5, 5.41) is 7.34. The van der Waals surface area contributed by atoms with Gasteiger partial charge in [-0.1, -0.05) is 20.3 Å². The summed E-state index contributed by atoms with van der Waals surface area (Å²) < 4.78 is 0. The van der Waals surface area contributed by atoms with Crippen molar-refractivity contribution in [1.29, 1.82) is 0 Å². The van der Waals surface area contributed by atoms with Gasteiger partial charge < -0.3 is 5.32 Å². The van der Waals surface area contributed by atoms with E-state index in [0.29, 0.717) is 12.0 Å². The van der Waals surface area contributed by atoms with E-state index in [1.54, 1.807) is 0 Å². The first-order valence-electron chi connectivity index (χ1n) is 7.14. The van der Waals surface area contributed by atoms with E-state index < -0.39 is 0 Å². The molecular formula is C15H26N2S. The van der Waals surface area contributed by atoms with Crippen molar-refractivity contribution in [3.63, 3.8) is 0 Å². The van der Waals surface area contributed by atoms with E-state index in [1.165, 1.54) is 24.3 Å². The van der Waals surface area contributed by atoms with E-state index in [-0.39, 0.29) is 5.54 Å². The van der Waals surface area contributed by atoms with E-state index >= 15 is 0 Å². The summed E-state index contributed by atoms with van der Waals surface area (Å²) in [7, 11) is 0. The molecule has 0 amide bonds. The molecule has 0 aliphatic heterocycles. The lowest BCUT2D eigenvalue weighted by molar-refractivity contribution is 0.108. The zero-order valence-corrected chi connectivity index (χ0v) is 13.1. The van der Waals surface area contributed by atoms with Gasteiger partial charge >= 0.3 is 0 Å². The van der Waals surface area contributed by atoms with Crippen LogP contribution in [0.5, 0.6) is 0 Å². The second kappa shape index (κ2) is 5.30. The number of rotatable bonds is 3. The molecule has 1 aliphatic rings. The fourth-order valence-corrected chi connectivity index (χ4v) is 4.35. The number of aryl methyl sites for hydroxylation is 1. The van der Waals surface area contributed by atoms with Crippen molar-refractivity contribution >= 4 is 11.3 Å². The summed E-state index contributed by atoms with van der Waals surface area (Å²) in [6.07, 6.45) is 3.88. The molecular weight excluding hydrogens is 240 g/mol. The van der Waals surface area contributed by atoms with E-state index in [0.717, 1.165) is 11.6 Å². The molecule has 18 heavy (non-hydrogen) atoms. The highest BCUT2D eigenvalue weighted by molar-refractivity contribution is 7.09. The van der Waals surface area contributed by atoms with Crippen LogP contribution >= 0.6 is 11.3 Å². The van der Waals surface area contributed by atoms with Gasteiger partial charge in [-0.05, 0) is 45.4 Å². The molecule has 3 atom stereocenters. The van der Waals surface area contributed by atoms with Crippen LogP contribution in [0.4, 0.5) is 0 Å². The Labute approximate surface area is 115 Å². The predicted molar refractivity (Wildman–Crippen MR) is 79.0 cm³/mol. The fraction of sp³-hybridized carbons (Fsp3) is 0.800. The van der Waals surface area contributed by atoms with Crippen LogP contribution in [0.1, 0.15) is 57.7 Å². The number of hydrogen-bond donors (Lipinski definition) is 1. The topological polar surface area (TPSA) is 24.9 Å². The molecule has 2 nitrogen and oxygen atoms in total. The lowest BCUT2D eigenvalue weighted by Crippen LogP contribution is -2.53. The van der Waals surface area contributed by atoms with E-state index in [2.05, 4.69) is 45.3 Å². The molecule has 0 aromatic carbocycles.